The molecule has 2 heterocycles. The van der Waals surface area contributed by atoms with Crippen LogP contribution in [0.25, 0.3) is 5.69 Å². The van der Waals surface area contributed by atoms with Crippen molar-refractivity contribution >= 4 is 17.5 Å². The molecule has 1 aliphatic carbocycles. The molecule has 2 fully saturated rings. The summed E-state index contributed by atoms with van der Waals surface area (Å²) in [4.78, 5) is 15.3. The topological polar surface area (TPSA) is 64.2 Å². The Morgan fingerprint density at radius 2 is 2.04 bits per heavy atom. The number of nitrogens with zero attached hydrogens (tertiary/aromatic N) is 3. The summed E-state index contributed by atoms with van der Waals surface area (Å²) in [5.41, 5.74) is 9.85. The number of halogens is 1. The molecule has 1 saturated carbocycles. The summed E-state index contributed by atoms with van der Waals surface area (Å²) >= 11 is 6.32. The summed E-state index contributed by atoms with van der Waals surface area (Å²) in [7, 11) is 0. The molecule has 5 nitrogen and oxygen atoms in total. The first kappa shape index (κ1) is 18.5. The van der Waals surface area contributed by atoms with Gasteiger partial charge in [0.15, 0.2) is 0 Å². The molecule has 0 radical (unpaired) electrons. The molecule has 1 aliphatic heterocycles. The van der Waals surface area contributed by atoms with E-state index in [1.807, 2.05) is 34.7 Å². The summed E-state index contributed by atoms with van der Waals surface area (Å²) < 4.78 is 1.90. The number of aromatic nitrogens is 2. The van der Waals surface area contributed by atoms with E-state index in [1.54, 1.807) is 6.20 Å². The maximum absolute atomic E-state index is 13.3. The van der Waals surface area contributed by atoms with Crippen LogP contribution in [-0.2, 0) is 0 Å². The van der Waals surface area contributed by atoms with Crippen LogP contribution in [0.1, 0.15) is 60.6 Å². The van der Waals surface area contributed by atoms with Crippen molar-refractivity contribution in [3.63, 3.8) is 0 Å². The van der Waals surface area contributed by atoms with Crippen LogP contribution in [0.15, 0.2) is 24.4 Å². The zero-order valence-corrected chi connectivity index (χ0v) is 17.0. The minimum absolute atomic E-state index is 0.0707. The molecule has 4 rings (SSSR count). The third-order valence-electron chi connectivity index (χ3n) is 6.00. The van der Waals surface area contributed by atoms with Gasteiger partial charge >= 0.3 is 0 Å². The van der Waals surface area contributed by atoms with Crippen LogP contribution >= 0.6 is 11.6 Å². The highest BCUT2D eigenvalue weighted by molar-refractivity contribution is 6.31. The Kier molecular flexibility index (Phi) is 4.55. The highest BCUT2D eigenvalue weighted by atomic mass is 35.5. The van der Waals surface area contributed by atoms with Crippen LogP contribution in [0, 0.1) is 12.3 Å². The number of hydrogen-bond donors (Lipinski definition) is 1. The summed E-state index contributed by atoms with van der Waals surface area (Å²) in [6.45, 7) is 7.63. The third-order valence-corrected chi connectivity index (χ3v) is 6.41. The van der Waals surface area contributed by atoms with E-state index in [9.17, 15) is 4.79 Å². The molecule has 6 heteroatoms. The first-order valence-corrected chi connectivity index (χ1v) is 10.0. The fourth-order valence-corrected chi connectivity index (χ4v) is 4.08. The Morgan fingerprint density at radius 1 is 1.30 bits per heavy atom. The van der Waals surface area contributed by atoms with E-state index < -0.39 is 0 Å². The lowest BCUT2D eigenvalue weighted by Crippen LogP contribution is -2.54. The maximum atomic E-state index is 13.3. The first-order valence-electron chi connectivity index (χ1n) is 9.67. The van der Waals surface area contributed by atoms with Gasteiger partial charge in [0.1, 0.15) is 0 Å². The van der Waals surface area contributed by atoms with Crippen molar-refractivity contribution in [3.05, 3.63) is 46.2 Å². The van der Waals surface area contributed by atoms with Gasteiger partial charge < -0.3 is 10.6 Å². The van der Waals surface area contributed by atoms with E-state index in [0.29, 0.717) is 24.0 Å². The van der Waals surface area contributed by atoms with Gasteiger partial charge in [-0.15, -0.1) is 0 Å². The summed E-state index contributed by atoms with van der Waals surface area (Å²) in [6.07, 6.45) is 4.76. The molecule has 27 heavy (non-hydrogen) atoms. The Morgan fingerprint density at radius 3 is 2.67 bits per heavy atom. The van der Waals surface area contributed by atoms with Gasteiger partial charge in [0.05, 0.1) is 23.1 Å². The van der Waals surface area contributed by atoms with Crippen molar-refractivity contribution in [2.24, 2.45) is 11.1 Å². The van der Waals surface area contributed by atoms with Gasteiger partial charge in [0.2, 0.25) is 0 Å². The SMILES string of the molecule is Cc1ccc(-n2ncc(C(=O)N3CCC(N)C(C)(C)C3)c2C2CC2)cc1Cl. The Bertz CT molecular complexity index is 884. The van der Waals surface area contributed by atoms with Crippen LogP contribution in [0.2, 0.25) is 5.02 Å². The molecule has 1 atom stereocenters. The average molecular weight is 387 g/mol. The molecule has 1 amide bonds. The molecule has 2 N–H and O–H groups in total. The highest BCUT2D eigenvalue weighted by Crippen LogP contribution is 2.43. The first-order chi connectivity index (χ1) is 12.8. The van der Waals surface area contributed by atoms with Gasteiger partial charge in [-0.2, -0.15) is 5.10 Å². The van der Waals surface area contributed by atoms with E-state index in [0.717, 1.165) is 41.8 Å². The van der Waals surface area contributed by atoms with Crippen LogP contribution < -0.4 is 5.73 Å². The van der Waals surface area contributed by atoms with E-state index in [4.69, 9.17) is 17.3 Å². The molecular weight excluding hydrogens is 360 g/mol. The number of amides is 1. The molecule has 2 aromatic rings. The van der Waals surface area contributed by atoms with E-state index in [2.05, 4.69) is 18.9 Å². The normalized spacial score (nSPS) is 22.1. The molecule has 2 aliphatic rings. The molecule has 1 saturated heterocycles. The van der Waals surface area contributed by atoms with Crippen molar-refractivity contribution in [1.29, 1.82) is 0 Å². The standard InChI is InChI=1S/C21H27ClN4O/c1-13-4-7-15(10-17(13)22)26-19(14-5-6-14)16(11-24-26)20(27)25-9-8-18(23)21(2,3)12-25/h4,7,10-11,14,18H,5-6,8-9,12,23H2,1-3H3. The predicted molar refractivity (Wildman–Crippen MR) is 108 cm³/mol. The Hall–Kier alpha value is -1.85. The van der Waals surface area contributed by atoms with Crippen LogP contribution in [0.4, 0.5) is 0 Å². The minimum Gasteiger partial charge on any atom is -0.338 e. The predicted octanol–water partition coefficient (Wildman–Crippen LogP) is 3.91. The lowest BCUT2D eigenvalue weighted by Gasteiger charge is -2.42. The summed E-state index contributed by atoms with van der Waals surface area (Å²) in [5.74, 6) is 0.466. The molecule has 0 spiro atoms. The third kappa shape index (κ3) is 3.39. The number of likely N-dealkylation sites (tertiary alicyclic amines) is 1. The second-order valence-electron chi connectivity index (χ2n) is 8.67. The van der Waals surface area contributed by atoms with Crippen LogP contribution in [-0.4, -0.2) is 39.7 Å². The smallest absolute Gasteiger partial charge is 0.257 e. The highest BCUT2D eigenvalue weighted by Gasteiger charge is 2.39. The molecule has 1 unspecified atom stereocenters. The van der Waals surface area contributed by atoms with Crippen molar-refractivity contribution in [2.75, 3.05) is 13.1 Å². The lowest BCUT2D eigenvalue weighted by molar-refractivity contribution is 0.0532. The maximum Gasteiger partial charge on any atom is 0.257 e. The quantitative estimate of drug-likeness (QED) is 0.869. The molecular formula is C21H27ClN4O. The fourth-order valence-electron chi connectivity index (χ4n) is 3.91. The Balaban J connectivity index is 1.69. The average Bonchev–Trinajstić information content (AvgIpc) is 3.37. The minimum atomic E-state index is -0.0753. The summed E-state index contributed by atoms with van der Waals surface area (Å²) in [5, 5.41) is 5.28. The monoisotopic (exact) mass is 386 g/mol. The van der Waals surface area contributed by atoms with Crippen LogP contribution in [0.5, 0.6) is 0 Å². The second kappa shape index (κ2) is 6.64. The molecule has 1 aromatic heterocycles. The number of piperidine rings is 1. The zero-order valence-electron chi connectivity index (χ0n) is 16.2. The van der Waals surface area contributed by atoms with Gasteiger partial charge in [-0.1, -0.05) is 31.5 Å². The van der Waals surface area contributed by atoms with Gasteiger partial charge in [-0.3, -0.25) is 4.79 Å². The Labute approximate surface area is 165 Å². The number of nitrogens with two attached hydrogens (primary N) is 1. The van der Waals surface area contributed by atoms with E-state index >= 15 is 0 Å². The number of hydrogen-bond acceptors (Lipinski definition) is 3. The van der Waals surface area contributed by atoms with Crippen molar-refractivity contribution in [3.8, 4) is 5.69 Å². The molecule has 0 bridgehead atoms. The van der Waals surface area contributed by atoms with E-state index in [-0.39, 0.29) is 17.4 Å². The molecule has 144 valence electrons. The molecule has 1 aromatic carbocycles. The lowest BCUT2D eigenvalue weighted by atomic mass is 9.79. The number of rotatable bonds is 3. The van der Waals surface area contributed by atoms with Crippen molar-refractivity contribution in [1.82, 2.24) is 14.7 Å². The van der Waals surface area contributed by atoms with Gasteiger partial charge in [0, 0.05) is 30.1 Å². The van der Waals surface area contributed by atoms with Gasteiger partial charge in [0.25, 0.3) is 5.91 Å². The number of aryl methyl sites for hydroxylation is 1. The van der Waals surface area contributed by atoms with Crippen molar-refractivity contribution < 1.29 is 4.79 Å². The largest absolute Gasteiger partial charge is 0.338 e. The zero-order chi connectivity index (χ0) is 19.3. The van der Waals surface area contributed by atoms with Crippen molar-refractivity contribution in [2.45, 2.75) is 52.0 Å². The fraction of sp³-hybridized carbons (Fsp3) is 0.524. The number of benzene rings is 1. The van der Waals surface area contributed by atoms with Gasteiger partial charge in [-0.25, -0.2) is 4.68 Å². The van der Waals surface area contributed by atoms with Crippen LogP contribution in [0.3, 0.4) is 0 Å². The summed E-state index contributed by atoms with van der Waals surface area (Å²) in [6, 6.07) is 6.05. The second-order valence-corrected chi connectivity index (χ2v) is 9.08. The number of carbonyl (C=O) groups is 1. The van der Waals surface area contributed by atoms with Gasteiger partial charge in [-0.05, 0) is 49.3 Å². The van der Waals surface area contributed by atoms with E-state index in [1.165, 1.54) is 0 Å². The number of carbonyl (C=O) groups excluding carboxylic acids is 1.